The Bertz CT molecular complexity index is 613. The summed E-state index contributed by atoms with van der Waals surface area (Å²) < 4.78 is 11.4. The van der Waals surface area contributed by atoms with Crippen molar-refractivity contribution in [3.8, 4) is 0 Å². The quantitative estimate of drug-likeness (QED) is 0.0738. The molecule has 4 unspecified atom stereocenters. The Hall–Kier alpha value is -2.25. The van der Waals surface area contributed by atoms with Crippen molar-refractivity contribution >= 4 is 34.5 Å². The van der Waals surface area contributed by atoms with Gasteiger partial charge in [-0.25, -0.2) is 4.79 Å². The summed E-state index contributed by atoms with van der Waals surface area (Å²) in [6, 6.07) is -3.06. The average molecular weight is 450 g/mol. The summed E-state index contributed by atoms with van der Waals surface area (Å²) >= 11 is 0. The molecule has 0 aliphatic heterocycles. The minimum absolute atomic E-state index is 0.0799. The van der Waals surface area contributed by atoms with Crippen LogP contribution < -0.4 is 33.6 Å². The highest BCUT2D eigenvalue weighted by Gasteiger charge is 2.27. The van der Waals surface area contributed by atoms with Gasteiger partial charge in [-0.2, -0.15) is 0 Å². The Morgan fingerprint density at radius 3 is 2.17 bits per heavy atom. The molecule has 11 N–H and O–H groups in total. The second-order valence-corrected chi connectivity index (χ2v) is 8.42. The van der Waals surface area contributed by atoms with Crippen LogP contribution in [0, 0.1) is 0 Å². The Balaban J connectivity index is 4.99. The monoisotopic (exact) mass is 449 g/mol. The van der Waals surface area contributed by atoms with Crippen molar-refractivity contribution in [1.29, 1.82) is 0 Å². The van der Waals surface area contributed by atoms with Crippen molar-refractivity contribution in [2.45, 2.75) is 56.7 Å². The molecule has 2 amide bonds. The lowest BCUT2D eigenvalue weighted by atomic mass is 10.1. The van der Waals surface area contributed by atoms with Gasteiger partial charge in [-0.1, -0.05) is 6.42 Å². The fraction of sp³-hybridized carbons (Fsp3) is 0.765. The SMILES string of the molecule is CS(=O)CCC(NC(=O)C(N)CCCCN)C(=O)NC(CCCN=C(N)N)C(=O)O. The van der Waals surface area contributed by atoms with Gasteiger partial charge in [-0.05, 0) is 38.6 Å². The number of carbonyl (C=O) groups is 3. The van der Waals surface area contributed by atoms with Crippen LogP contribution in [-0.2, 0) is 25.2 Å². The van der Waals surface area contributed by atoms with E-state index >= 15 is 0 Å². The summed E-state index contributed by atoms with van der Waals surface area (Å²) in [7, 11) is -1.20. The molecule has 0 aromatic rings. The van der Waals surface area contributed by atoms with Crippen LogP contribution in [-0.4, -0.2) is 76.3 Å². The Morgan fingerprint density at radius 1 is 1.00 bits per heavy atom. The number of nitrogens with two attached hydrogens (primary N) is 4. The zero-order chi connectivity index (χ0) is 23.1. The topological polar surface area (TPSA) is 229 Å². The smallest absolute Gasteiger partial charge is 0.326 e. The van der Waals surface area contributed by atoms with Gasteiger partial charge in [0.25, 0.3) is 0 Å². The van der Waals surface area contributed by atoms with Gasteiger partial charge in [0.1, 0.15) is 12.1 Å². The maximum atomic E-state index is 12.6. The third kappa shape index (κ3) is 13.1. The molecule has 0 aromatic carbocycles. The average Bonchev–Trinajstić information content (AvgIpc) is 2.66. The number of aliphatic carboxylic acids is 1. The summed E-state index contributed by atoms with van der Waals surface area (Å²) in [5, 5.41) is 14.3. The number of guanidine groups is 1. The molecule has 0 saturated carbocycles. The van der Waals surface area contributed by atoms with E-state index in [-0.39, 0.29) is 31.1 Å². The fourth-order valence-corrected chi connectivity index (χ4v) is 3.07. The molecule has 0 saturated heterocycles. The summed E-state index contributed by atoms with van der Waals surface area (Å²) in [5.74, 6) is -2.39. The first-order valence-electron chi connectivity index (χ1n) is 9.73. The highest BCUT2D eigenvalue weighted by Crippen LogP contribution is 2.04. The number of carboxylic acid groups (broad SMARTS) is 1. The van der Waals surface area contributed by atoms with Crippen molar-refractivity contribution in [3.63, 3.8) is 0 Å². The van der Waals surface area contributed by atoms with Crippen molar-refractivity contribution in [1.82, 2.24) is 10.6 Å². The van der Waals surface area contributed by atoms with Gasteiger partial charge in [0.2, 0.25) is 11.8 Å². The largest absolute Gasteiger partial charge is 0.480 e. The van der Waals surface area contributed by atoms with Crippen molar-refractivity contribution < 1.29 is 23.7 Å². The van der Waals surface area contributed by atoms with E-state index in [0.717, 1.165) is 6.42 Å². The lowest BCUT2D eigenvalue weighted by Gasteiger charge is -2.22. The summed E-state index contributed by atoms with van der Waals surface area (Å²) in [6.45, 7) is 0.704. The predicted molar refractivity (Wildman–Crippen MR) is 116 cm³/mol. The van der Waals surface area contributed by atoms with E-state index in [1.54, 1.807) is 0 Å². The van der Waals surface area contributed by atoms with Gasteiger partial charge in [-0.3, -0.25) is 18.8 Å². The van der Waals surface area contributed by atoms with Crippen LogP contribution in [0.5, 0.6) is 0 Å². The molecule has 0 aliphatic carbocycles. The van der Waals surface area contributed by atoms with Gasteiger partial charge >= 0.3 is 5.97 Å². The molecule has 0 bridgehead atoms. The Labute approximate surface area is 179 Å². The Morgan fingerprint density at radius 2 is 1.63 bits per heavy atom. The molecule has 0 radical (unpaired) electrons. The third-order valence-electron chi connectivity index (χ3n) is 4.19. The van der Waals surface area contributed by atoms with E-state index in [1.165, 1.54) is 6.26 Å². The van der Waals surface area contributed by atoms with Gasteiger partial charge < -0.3 is 38.7 Å². The first kappa shape index (κ1) is 27.8. The molecule has 0 aliphatic rings. The number of unbranched alkanes of at least 4 members (excludes halogenated alkanes) is 1. The second-order valence-electron chi connectivity index (χ2n) is 6.87. The lowest BCUT2D eigenvalue weighted by Crippen LogP contribution is -2.54. The standard InChI is InChI=1S/C17H35N7O5S/c1-30(29)10-7-12(23-14(25)11(19)5-2-3-8-18)15(26)24-13(16(27)28)6-4-9-22-17(20)21/h11-13H,2-10,18-19H2,1H3,(H,23,25)(H,24,26)(H,27,28)(H4,20,21,22). The van der Waals surface area contributed by atoms with E-state index in [9.17, 15) is 23.7 Å². The second kappa shape index (κ2) is 15.6. The van der Waals surface area contributed by atoms with Gasteiger partial charge in [0.05, 0.1) is 6.04 Å². The number of amides is 2. The van der Waals surface area contributed by atoms with Gasteiger partial charge in [0, 0.05) is 29.4 Å². The molecule has 0 spiro atoms. The molecule has 0 heterocycles. The molecular weight excluding hydrogens is 414 g/mol. The van der Waals surface area contributed by atoms with E-state index in [2.05, 4.69) is 15.6 Å². The van der Waals surface area contributed by atoms with Crippen molar-refractivity contribution in [2.75, 3.05) is 25.1 Å². The van der Waals surface area contributed by atoms with Crippen molar-refractivity contribution in [3.05, 3.63) is 0 Å². The number of hydrogen-bond acceptors (Lipinski definition) is 7. The summed E-state index contributed by atoms with van der Waals surface area (Å²) in [5.41, 5.74) is 21.7. The minimum Gasteiger partial charge on any atom is -0.480 e. The molecule has 4 atom stereocenters. The van der Waals surface area contributed by atoms with Gasteiger partial charge in [-0.15, -0.1) is 0 Å². The first-order valence-corrected chi connectivity index (χ1v) is 11.5. The Kier molecular flexibility index (Phi) is 14.4. The number of carboxylic acids is 1. The van der Waals surface area contributed by atoms with Crippen molar-refractivity contribution in [2.24, 2.45) is 27.9 Å². The third-order valence-corrected chi connectivity index (χ3v) is 5.00. The maximum Gasteiger partial charge on any atom is 0.326 e. The van der Waals surface area contributed by atoms with Crippen LogP contribution in [0.2, 0.25) is 0 Å². The first-order chi connectivity index (χ1) is 14.1. The number of rotatable bonds is 16. The molecule has 12 nitrogen and oxygen atoms in total. The van der Waals surface area contributed by atoms with Crippen LogP contribution in [0.1, 0.15) is 38.5 Å². The van der Waals surface area contributed by atoms with Crippen LogP contribution in [0.4, 0.5) is 0 Å². The number of hydrogen-bond donors (Lipinski definition) is 7. The molecule has 0 aromatic heterocycles. The number of nitrogens with zero attached hydrogens (tertiary/aromatic N) is 1. The molecular formula is C17H35N7O5S. The van der Waals surface area contributed by atoms with Gasteiger partial charge in [0.15, 0.2) is 5.96 Å². The molecule has 0 rings (SSSR count). The van der Waals surface area contributed by atoms with E-state index < -0.39 is 46.7 Å². The molecule has 30 heavy (non-hydrogen) atoms. The lowest BCUT2D eigenvalue weighted by molar-refractivity contribution is -0.142. The molecule has 174 valence electrons. The highest BCUT2D eigenvalue weighted by molar-refractivity contribution is 7.84. The normalized spacial score (nSPS) is 14.8. The van der Waals surface area contributed by atoms with Crippen LogP contribution in [0.25, 0.3) is 0 Å². The fourth-order valence-electron chi connectivity index (χ4n) is 2.50. The van der Waals surface area contributed by atoms with E-state index in [0.29, 0.717) is 25.8 Å². The van der Waals surface area contributed by atoms with Crippen LogP contribution in [0.15, 0.2) is 4.99 Å². The zero-order valence-corrected chi connectivity index (χ0v) is 18.2. The van der Waals surface area contributed by atoms with Crippen LogP contribution >= 0.6 is 0 Å². The maximum absolute atomic E-state index is 12.6. The highest BCUT2D eigenvalue weighted by atomic mass is 32.2. The van der Waals surface area contributed by atoms with Crippen LogP contribution in [0.3, 0.4) is 0 Å². The zero-order valence-electron chi connectivity index (χ0n) is 17.3. The predicted octanol–water partition coefficient (Wildman–Crippen LogP) is -2.68. The number of nitrogens with one attached hydrogen (secondary N) is 2. The number of carbonyl (C=O) groups excluding carboxylic acids is 2. The molecule has 0 fully saturated rings. The van der Waals surface area contributed by atoms with E-state index in [4.69, 9.17) is 22.9 Å². The molecule has 13 heteroatoms. The number of aliphatic imine (C=N–C) groups is 1. The summed E-state index contributed by atoms with van der Waals surface area (Å²) in [4.78, 5) is 40.2. The minimum atomic E-state index is -1.23. The summed E-state index contributed by atoms with van der Waals surface area (Å²) in [6.07, 6.45) is 3.76. The van der Waals surface area contributed by atoms with E-state index in [1.807, 2.05) is 0 Å².